The molecule has 1 aromatic rings. The highest BCUT2D eigenvalue weighted by atomic mass is 32.2. The molecule has 0 aromatic heterocycles. The molecular weight excluding hydrogens is 248 g/mol. The first-order valence-corrected chi connectivity index (χ1v) is 6.85. The molecule has 0 saturated heterocycles. The van der Waals surface area contributed by atoms with Crippen molar-refractivity contribution in [1.29, 1.82) is 0 Å². The summed E-state index contributed by atoms with van der Waals surface area (Å²) in [5.74, 6) is 0.755. The lowest BCUT2D eigenvalue weighted by atomic mass is 10.2. The number of rotatable bonds is 7. The Labute approximate surface area is 102 Å². The summed E-state index contributed by atoms with van der Waals surface area (Å²) >= 11 is 0. The molecule has 17 heavy (non-hydrogen) atoms. The Kier molecular flexibility index (Phi) is 6.07. The molecule has 6 heteroatoms. The minimum atomic E-state index is -2.79. The molecule has 0 aliphatic carbocycles. The number of benzene rings is 1. The third-order valence-electron chi connectivity index (χ3n) is 2.04. The van der Waals surface area contributed by atoms with Crippen molar-refractivity contribution in [3.63, 3.8) is 0 Å². The van der Waals surface area contributed by atoms with Gasteiger partial charge in [0.05, 0.1) is 0 Å². The van der Waals surface area contributed by atoms with Gasteiger partial charge in [0.15, 0.2) is 0 Å². The summed E-state index contributed by atoms with van der Waals surface area (Å²) in [6.45, 7) is -1.51. The number of hydrogen-bond acceptors (Lipinski definition) is 3. The van der Waals surface area contributed by atoms with Crippen LogP contribution < -0.4 is 10.1 Å². The molecule has 0 saturated carbocycles. The Bertz CT molecular complexity index is 357. The lowest BCUT2D eigenvalue weighted by Gasteiger charge is -2.06. The molecule has 0 spiro atoms. The molecule has 1 aromatic carbocycles. The van der Waals surface area contributed by atoms with E-state index in [1.807, 2.05) is 0 Å². The van der Waals surface area contributed by atoms with E-state index in [0.29, 0.717) is 18.8 Å². The smallest absolute Gasteiger partial charge is 0.387 e. The molecule has 0 fully saturated rings. The zero-order valence-corrected chi connectivity index (χ0v) is 10.3. The lowest BCUT2D eigenvalue weighted by Crippen LogP contribution is -2.19. The second-order valence-corrected chi connectivity index (χ2v) is 5.03. The normalized spacial score (nSPS) is 12.7. The van der Waals surface area contributed by atoms with Crippen molar-refractivity contribution in [3.8, 4) is 5.75 Å². The van der Waals surface area contributed by atoms with E-state index in [1.165, 1.54) is 12.1 Å². The summed E-state index contributed by atoms with van der Waals surface area (Å²) in [5, 5.41) is 3.11. The zero-order valence-electron chi connectivity index (χ0n) is 9.49. The van der Waals surface area contributed by atoms with Gasteiger partial charge in [-0.1, -0.05) is 12.1 Å². The highest BCUT2D eigenvalue weighted by Crippen LogP contribution is 2.14. The Morgan fingerprint density at radius 2 is 2.00 bits per heavy atom. The largest absolute Gasteiger partial charge is 0.435 e. The van der Waals surface area contributed by atoms with E-state index in [0.717, 1.165) is 5.56 Å². The number of nitrogens with one attached hydrogen (secondary N) is 1. The van der Waals surface area contributed by atoms with Crippen molar-refractivity contribution in [2.75, 3.05) is 18.6 Å². The first-order chi connectivity index (χ1) is 8.08. The van der Waals surface area contributed by atoms with Crippen molar-refractivity contribution >= 4 is 10.8 Å². The van der Waals surface area contributed by atoms with Crippen LogP contribution in [0.25, 0.3) is 0 Å². The molecule has 1 unspecified atom stereocenters. The summed E-state index contributed by atoms with van der Waals surface area (Å²) in [6.07, 6.45) is 1.65. The van der Waals surface area contributed by atoms with E-state index < -0.39 is 17.4 Å². The van der Waals surface area contributed by atoms with Gasteiger partial charge in [0.2, 0.25) is 0 Å². The van der Waals surface area contributed by atoms with Gasteiger partial charge < -0.3 is 10.1 Å². The average Bonchev–Trinajstić information content (AvgIpc) is 2.25. The molecule has 1 rings (SSSR count). The monoisotopic (exact) mass is 263 g/mol. The first-order valence-electron chi connectivity index (χ1n) is 5.12. The Balaban J connectivity index is 2.32. The zero-order chi connectivity index (χ0) is 12.7. The third kappa shape index (κ3) is 6.33. The van der Waals surface area contributed by atoms with Gasteiger partial charge in [0.25, 0.3) is 0 Å². The highest BCUT2D eigenvalue weighted by Gasteiger charge is 2.03. The molecule has 3 nitrogen and oxygen atoms in total. The van der Waals surface area contributed by atoms with E-state index in [2.05, 4.69) is 10.1 Å². The molecule has 0 aliphatic rings. The summed E-state index contributed by atoms with van der Waals surface area (Å²) in [4.78, 5) is 0. The number of hydrogen-bond donors (Lipinski definition) is 1. The molecule has 0 aliphatic heterocycles. The fraction of sp³-hybridized carbons (Fsp3) is 0.455. The Morgan fingerprint density at radius 3 is 2.53 bits per heavy atom. The minimum Gasteiger partial charge on any atom is -0.435 e. The summed E-state index contributed by atoms with van der Waals surface area (Å²) in [5.41, 5.74) is 0.966. The molecule has 0 amide bonds. The van der Waals surface area contributed by atoms with E-state index in [-0.39, 0.29) is 5.75 Å². The Morgan fingerprint density at radius 1 is 1.35 bits per heavy atom. The van der Waals surface area contributed by atoms with E-state index in [1.54, 1.807) is 18.4 Å². The lowest BCUT2D eigenvalue weighted by molar-refractivity contribution is -0.0498. The standard InChI is InChI=1S/C11H15F2NO2S/c1-17(15)7-6-14-8-9-2-4-10(5-3-9)16-11(12)13/h2-5,11,14H,6-8H2,1H3. The van der Waals surface area contributed by atoms with Crippen LogP contribution in [0.1, 0.15) is 5.56 Å². The molecule has 0 bridgehead atoms. The maximum atomic E-state index is 11.9. The molecule has 1 atom stereocenters. The third-order valence-corrected chi connectivity index (χ3v) is 2.82. The summed E-state index contributed by atoms with van der Waals surface area (Å²) in [7, 11) is -0.800. The predicted octanol–water partition coefficient (Wildman–Crippen LogP) is 1.76. The highest BCUT2D eigenvalue weighted by molar-refractivity contribution is 7.84. The van der Waals surface area contributed by atoms with Crippen LogP contribution in [-0.2, 0) is 17.3 Å². The SMILES string of the molecule is CS(=O)CCNCc1ccc(OC(F)F)cc1. The van der Waals surface area contributed by atoms with E-state index in [9.17, 15) is 13.0 Å². The van der Waals surface area contributed by atoms with Crippen LogP contribution in [0, 0.1) is 0 Å². The van der Waals surface area contributed by atoms with Gasteiger partial charge in [0, 0.05) is 35.9 Å². The maximum Gasteiger partial charge on any atom is 0.387 e. The van der Waals surface area contributed by atoms with Crippen molar-refractivity contribution < 1.29 is 17.7 Å². The second kappa shape index (κ2) is 7.34. The van der Waals surface area contributed by atoms with Crippen LogP contribution in [0.3, 0.4) is 0 Å². The first kappa shape index (κ1) is 14.1. The topological polar surface area (TPSA) is 38.3 Å². The summed E-state index contributed by atoms with van der Waals surface area (Å²) in [6, 6.07) is 6.43. The van der Waals surface area contributed by atoms with Gasteiger partial charge in [-0.25, -0.2) is 0 Å². The number of ether oxygens (including phenoxy) is 1. The van der Waals surface area contributed by atoms with Crippen LogP contribution >= 0.6 is 0 Å². The Hall–Kier alpha value is -1.01. The van der Waals surface area contributed by atoms with Crippen LogP contribution in [0.4, 0.5) is 8.78 Å². The van der Waals surface area contributed by atoms with Gasteiger partial charge in [0.1, 0.15) is 5.75 Å². The average molecular weight is 263 g/mol. The van der Waals surface area contributed by atoms with Gasteiger partial charge in [-0.3, -0.25) is 4.21 Å². The van der Waals surface area contributed by atoms with Crippen molar-refractivity contribution in [3.05, 3.63) is 29.8 Å². The van der Waals surface area contributed by atoms with Crippen LogP contribution in [0.5, 0.6) is 5.75 Å². The number of halogens is 2. The minimum absolute atomic E-state index is 0.151. The molecule has 0 heterocycles. The molecule has 1 N–H and O–H groups in total. The van der Waals surface area contributed by atoms with Crippen LogP contribution in [0.15, 0.2) is 24.3 Å². The van der Waals surface area contributed by atoms with Gasteiger partial charge in [-0.2, -0.15) is 8.78 Å². The second-order valence-electron chi connectivity index (χ2n) is 3.48. The number of alkyl halides is 2. The quantitative estimate of drug-likeness (QED) is 0.762. The van der Waals surface area contributed by atoms with Gasteiger partial charge >= 0.3 is 6.61 Å². The molecule has 96 valence electrons. The molecule has 0 radical (unpaired) electrons. The van der Waals surface area contributed by atoms with Gasteiger partial charge in [-0.15, -0.1) is 0 Å². The van der Waals surface area contributed by atoms with Crippen LogP contribution in [-0.4, -0.2) is 29.4 Å². The molecular formula is C11H15F2NO2S. The maximum absolute atomic E-state index is 11.9. The van der Waals surface area contributed by atoms with E-state index >= 15 is 0 Å². The van der Waals surface area contributed by atoms with Crippen molar-refractivity contribution in [1.82, 2.24) is 5.32 Å². The van der Waals surface area contributed by atoms with Gasteiger partial charge in [-0.05, 0) is 17.7 Å². The van der Waals surface area contributed by atoms with E-state index in [4.69, 9.17) is 0 Å². The van der Waals surface area contributed by atoms with Crippen LogP contribution in [0.2, 0.25) is 0 Å². The fourth-order valence-electron chi connectivity index (χ4n) is 1.24. The van der Waals surface area contributed by atoms with Crippen molar-refractivity contribution in [2.24, 2.45) is 0 Å². The predicted molar refractivity (Wildman–Crippen MR) is 63.7 cm³/mol. The van der Waals surface area contributed by atoms with Crippen molar-refractivity contribution in [2.45, 2.75) is 13.2 Å². The summed E-state index contributed by atoms with van der Waals surface area (Å²) < 4.78 is 38.8. The fourth-order valence-corrected chi connectivity index (χ4v) is 1.67.